The summed E-state index contributed by atoms with van der Waals surface area (Å²) >= 11 is 0. The van der Waals surface area contributed by atoms with Gasteiger partial charge in [0.2, 0.25) is 5.89 Å². The fraction of sp³-hybridized carbons (Fsp3) is 0.471. The van der Waals surface area contributed by atoms with E-state index >= 15 is 0 Å². The van der Waals surface area contributed by atoms with E-state index in [1.165, 1.54) is 0 Å². The van der Waals surface area contributed by atoms with Crippen molar-refractivity contribution in [3.8, 4) is 5.75 Å². The number of hydrogen-bond donors (Lipinski definition) is 0. The van der Waals surface area contributed by atoms with Gasteiger partial charge in [0.15, 0.2) is 12.4 Å². The van der Waals surface area contributed by atoms with Gasteiger partial charge in [-0.3, -0.25) is 4.79 Å². The molecule has 3 rings (SSSR count). The maximum absolute atomic E-state index is 12.4. The number of aryl methyl sites for hydroxylation is 1. The normalized spacial score (nSPS) is 20.3. The number of aromatic nitrogens is 2. The molecule has 1 aliphatic heterocycles. The van der Waals surface area contributed by atoms with Gasteiger partial charge in [-0.25, -0.2) is 0 Å². The molecule has 0 aliphatic carbocycles. The van der Waals surface area contributed by atoms with Gasteiger partial charge in [-0.05, 0) is 19.1 Å². The van der Waals surface area contributed by atoms with Crippen molar-refractivity contribution in [2.45, 2.75) is 12.8 Å². The maximum Gasteiger partial charge on any atom is 0.260 e. The highest BCUT2D eigenvalue weighted by molar-refractivity contribution is 5.78. The fourth-order valence-corrected chi connectivity index (χ4v) is 2.95. The third kappa shape index (κ3) is 3.73. The molecule has 2 aromatic rings. The van der Waals surface area contributed by atoms with Crippen molar-refractivity contribution in [3.05, 3.63) is 42.0 Å². The molecular formula is C17H21N3O4. The van der Waals surface area contributed by atoms with Gasteiger partial charge in [-0.15, -0.1) is 0 Å². The van der Waals surface area contributed by atoms with E-state index in [1.807, 2.05) is 30.3 Å². The second kappa shape index (κ2) is 7.44. The van der Waals surface area contributed by atoms with Crippen LogP contribution in [0.3, 0.4) is 0 Å². The predicted octanol–water partition coefficient (Wildman–Crippen LogP) is 1.65. The lowest BCUT2D eigenvalue weighted by molar-refractivity contribution is -0.132. The molecule has 0 bridgehead atoms. The number of amides is 1. The number of likely N-dealkylation sites (tertiary alicyclic amines) is 1. The number of nitrogens with zero attached hydrogens (tertiary/aromatic N) is 3. The third-order valence-corrected chi connectivity index (χ3v) is 4.14. The van der Waals surface area contributed by atoms with Gasteiger partial charge < -0.3 is 18.9 Å². The van der Waals surface area contributed by atoms with Crippen molar-refractivity contribution in [3.63, 3.8) is 0 Å². The standard InChI is InChI=1S/C17H21N3O4/c1-12-18-17(24-19-12)15-9-20(8-13(15)10-22-2)16(21)11-23-14-6-4-3-5-7-14/h3-7,13,15H,8-11H2,1-2H3/t13-,15+/m0/s1. The second-order valence-electron chi connectivity index (χ2n) is 5.90. The maximum atomic E-state index is 12.4. The average molecular weight is 331 g/mol. The van der Waals surface area contributed by atoms with Crippen LogP contribution < -0.4 is 4.74 Å². The summed E-state index contributed by atoms with van der Waals surface area (Å²) in [4.78, 5) is 18.5. The molecule has 7 heteroatoms. The highest BCUT2D eigenvalue weighted by Crippen LogP contribution is 2.32. The lowest BCUT2D eigenvalue weighted by Gasteiger charge is -2.16. The lowest BCUT2D eigenvalue weighted by Crippen LogP contribution is -2.33. The van der Waals surface area contributed by atoms with Crippen LogP contribution >= 0.6 is 0 Å². The minimum absolute atomic E-state index is 0.00757. The quantitative estimate of drug-likeness (QED) is 0.801. The Kier molecular flexibility index (Phi) is 5.10. The molecule has 1 saturated heterocycles. The summed E-state index contributed by atoms with van der Waals surface area (Å²) in [5, 5.41) is 3.85. The van der Waals surface area contributed by atoms with E-state index in [-0.39, 0.29) is 24.3 Å². The summed E-state index contributed by atoms with van der Waals surface area (Å²) in [6.45, 7) is 3.46. The van der Waals surface area contributed by atoms with Gasteiger partial charge in [0.25, 0.3) is 5.91 Å². The van der Waals surface area contributed by atoms with Crippen LogP contribution in [-0.2, 0) is 9.53 Å². The van der Waals surface area contributed by atoms with Crippen molar-refractivity contribution in [1.29, 1.82) is 0 Å². The molecule has 2 heterocycles. The first-order valence-electron chi connectivity index (χ1n) is 7.92. The molecule has 0 unspecified atom stereocenters. The topological polar surface area (TPSA) is 77.7 Å². The van der Waals surface area contributed by atoms with E-state index in [1.54, 1.807) is 18.9 Å². The van der Waals surface area contributed by atoms with Crippen LogP contribution in [0.2, 0.25) is 0 Å². The molecule has 1 aromatic heterocycles. The number of rotatable bonds is 6. The van der Waals surface area contributed by atoms with E-state index in [4.69, 9.17) is 14.0 Å². The molecule has 128 valence electrons. The molecule has 0 saturated carbocycles. The smallest absolute Gasteiger partial charge is 0.260 e. The number of hydrogen-bond acceptors (Lipinski definition) is 6. The molecule has 24 heavy (non-hydrogen) atoms. The summed E-state index contributed by atoms with van der Waals surface area (Å²) in [5.41, 5.74) is 0. The highest BCUT2D eigenvalue weighted by atomic mass is 16.5. The number of para-hydroxylation sites is 1. The first kappa shape index (κ1) is 16.4. The number of methoxy groups -OCH3 is 1. The Hall–Kier alpha value is -2.41. The van der Waals surface area contributed by atoms with Gasteiger partial charge in [0.05, 0.1) is 12.5 Å². The van der Waals surface area contributed by atoms with Crippen LogP contribution in [0.25, 0.3) is 0 Å². The van der Waals surface area contributed by atoms with Crippen molar-refractivity contribution < 1.29 is 18.8 Å². The molecule has 7 nitrogen and oxygen atoms in total. The summed E-state index contributed by atoms with van der Waals surface area (Å²) in [5.74, 6) is 1.91. The Morgan fingerprint density at radius 3 is 2.79 bits per heavy atom. The molecule has 1 aliphatic rings. The summed E-state index contributed by atoms with van der Waals surface area (Å²) in [6.07, 6.45) is 0. The van der Waals surface area contributed by atoms with E-state index in [0.29, 0.717) is 37.2 Å². The molecule has 2 atom stereocenters. The highest BCUT2D eigenvalue weighted by Gasteiger charge is 2.39. The SMILES string of the molecule is COC[C@@H]1CN(C(=O)COc2ccccc2)C[C@H]1c1nc(C)no1. The molecular weight excluding hydrogens is 310 g/mol. The molecule has 1 aromatic carbocycles. The van der Waals surface area contributed by atoms with Crippen LogP contribution in [0.15, 0.2) is 34.9 Å². The van der Waals surface area contributed by atoms with Crippen LogP contribution in [-0.4, -0.2) is 54.4 Å². The monoisotopic (exact) mass is 331 g/mol. The minimum atomic E-state index is -0.0568. The summed E-state index contributed by atoms with van der Waals surface area (Å²) < 4.78 is 16.1. The first-order valence-corrected chi connectivity index (χ1v) is 7.92. The molecule has 1 fully saturated rings. The molecule has 0 spiro atoms. The van der Waals surface area contributed by atoms with E-state index < -0.39 is 0 Å². The minimum Gasteiger partial charge on any atom is -0.484 e. The van der Waals surface area contributed by atoms with E-state index in [9.17, 15) is 4.79 Å². The first-order chi connectivity index (χ1) is 11.7. The average Bonchev–Trinajstić information content (AvgIpc) is 3.20. The number of carbonyl (C=O) groups excluding carboxylic acids is 1. The van der Waals surface area contributed by atoms with Crippen molar-refractivity contribution in [2.24, 2.45) is 5.92 Å². The van der Waals surface area contributed by atoms with Gasteiger partial charge in [0.1, 0.15) is 5.75 Å². The van der Waals surface area contributed by atoms with Gasteiger partial charge >= 0.3 is 0 Å². The van der Waals surface area contributed by atoms with Crippen LogP contribution in [0.5, 0.6) is 5.75 Å². The Morgan fingerprint density at radius 2 is 2.12 bits per heavy atom. The Labute approximate surface area is 140 Å². The van der Waals surface area contributed by atoms with Crippen LogP contribution in [0.4, 0.5) is 0 Å². The number of carbonyl (C=O) groups is 1. The zero-order chi connectivity index (χ0) is 16.9. The molecule has 0 radical (unpaired) electrons. The predicted molar refractivity (Wildman–Crippen MR) is 85.7 cm³/mol. The van der Waals surface area contributed by atoms with Gasteiger partial charge in [-0.2, -0.15) is 4.98 Å². The van der Waals surface area contributed by atoms with Crippen LogP contribution in [0.1, 0.15) is 17.6 Å². The zero-order valence-electron chi connectivity index (χ0n) is 13.8. The Morgan fingerprint density at radius 1 is 1.33 bits per heavy atom. The van der Waals surface area contributed by atoms with Gasteiger partial charge in [0, 0.05) is 26.1 Å². The third-order valence-electron chi connectivity index (χ3n) is 4.14. The molecule has 0 N–H and O–H groups in total. The van der Waals surface area contributed by atoms with Crippen molar-refractivity contribution in [2.75, 3.05) is 33.4 Å². The zero-order valence-corrected chi connectivity index (χ0v) is 13.8. The van der Waals surface area contributed by atoms with Gasteiger partial charge in [-0.1, -0.05) is 23.4 Å². The fourth-order valence-electron chi connectivity index (χ4n) is 2.95. The van der Waals surface area contributed by atoms with Crippen molar-refractivity contribution in [1.82, 2.24) is 15.0 Å². The number of ether oxygens (including phenoxy) is 2. The lowest BCUT2D eigenvalue weighted by atomic mass is 9.97. The van der Waals surface area contributed by atoms with Crippen LogP contribution in [0, 0.1) is 12.8 Å². The Bertz CT molecular complexity index is 673. The second-order valence-corrected chi connectivity index (χ2v) is 5.90. The molecule has 1 amide bonds. The summed E-state index contributed by atoms with van der Waals surface area (Å²) in [6, 6.07) is 9.31. The van der Waals surface area contributed by atoms with E-state index in [2.05, 4.69) is 10.1 Å². The van der Waals surface area contributed by atoms with E-state index in [0.717, 1.165) is 0 Å². The van der Waals surface area contributed by atoms with Crippen molar-refractivity contribution >= 4 is 5.91 Å². The largest absolute Gasteiger partial charge is 0.484 e. The number of benzene rings is 1. The Balaban J connectivity index is 1.62. The summed E-state index contributed by atoms with van der Waals surface area (Å²) in [7, 11) is 1.65.